The number of hydrogen-bond acceptors (Lipinski definition) is 4. The highest BCUT2D eigenvalue weighted by molar-refractivity contribution is 7.13. The molecule has 0 fully saturated rings. The molecule has 0 aromatic carbocycles. The molecule has 2 aromatic heterocycles. The lowest BCUT2D eigenvalue weighted by molar-refractivity contribution is 0.426. The molecule has 0 atom stereocenters. The molecule has 0 aliphatic heterocycles. The highest BCUT2D eigenvalue weighted by Gasteiger charge is 2.14. The molecule has 0 saturated heterocycles. The Labute approximate surface area is 84.3 Å². The van der Waals surface area contributed by atoms with E-state index in [4.69, 9.17) is 10.3 Å². The molecule has 0 spiro atoms. The van der Waals surface area contributed by atoms with Gasteiger partial charge < -0.3 is 10.3 Å². The van der Waals surface area contributed by atoms with E-state index in [9.17, 15) is 4.79 Å². The number of aromatic amines is 1. The molecule has 0 aliphatic carbocycles. The Morgan fingerprint density at radius 1 is 1.57 bits per heavy atom. The van der Waals surface area contributed by atoms with Gasteiger partial charge >= 0.3 is 0 Å². The molecule has 0 bridgehead atoms. The average molecular weight is 210 g/mol. The van der Waals surface area contributed by atoms with Crippen LogP contribution in [-0.4, -0.2) is 11.7 Å². The highest BCUT2D eigenvalue weighted by atomic mass is 32.1. The minimum absolute atomic E-state index is 0.182. The van der Waals surface area contributed by atoms with Crippen LogP contribution in [0.1, 0.15) is 5.56 Å². The first-order valence-electron chi connectivity index (χ1n) is 4.27. The van der Waals surface area contributed by atoms with Crippen molar-refractivity contribution in [2.45, 2.75) is 6.42 Å². The molecular weight excluding hydrogens is 200 g/mol. The number of thiophene rings is 1. The summed E-state index contributed by atoms with van der Waals surface area (Å²) in [6.07, 6.45) is 0.541. The maximum atomic E-state index is 11.3. The fourth-order valence-electron chi connectivity index (χ4n) is 1.30. The number of nitrogens with one attached hydrogen (secondary N) is 1. The van der Waals surface area contributed by atoms with E-state index in [0.29, 0.717) is 24.3 Å². The van der Waals surface area contributed by atoms with Crippen LogP contribution in [0.2, 0.25) is 0 Å². The number of hydrogen-bond donors (Lipinski definition) is 2. The van der Waals surface area contributed by atoms with Gasteiger partial charge in [0.25, 0.3) is 5.56 Å². The Balaban J connectivity index is 2.48. The molecule has 0 amide bonds. The van der Waals surface area contributed by atoms with Crippen molar-refractivity contribution >= 4 is 11.3 Å². The second kappa shape index (κ2) is 3.81. The topological polar surface area (TPSA) is 72.0 Å². The van der Waals surface area contributed by atoms with Crippen LogP contribution in [-0.2, 0) is 6.42 Å². The molecule has 3 N–H and O–H groups in total. The van der Waals surface area contributed by atoms with Crippen molar-refractivity contribution in [3.05, 3.63) is 33.4 Å². The van der Waals surface area contributed by atoms with E-state index in [1.54, 1.807) is 0 Å². The molecule has 0 unspecified atom stereocenters. The van der Waals surface area contributed by atoms with Gasteiger partial charge in [-0.05, 0) is 24.4 Å². The Kier molecular flexibility index (Phi) is 2.51. The number of H-pyrrole nitrogens is 1. The monoisotopic (exact) mass is 210 g/mol. The molecule has 0 aliphatic rings. The second-order valence-electron chi connectivity index (χ2n) is 2.86. The quantitative estimate of drug-likeness (QED) is 0.799. The van der Waals surface area contributed by atoms with E-state index in [0.717, 1.165) is 4.88 Å². The summed E-state index contributed by atoms with van der Waals surface area (Å²) >= 11 is 1.54. The maximum absolute atomic E-state index is 11.3. The van der Waals surface area contributed by atoms with Gasteiger partial charge in [0.1, 0.15) is 0 Å². The minimum atomic E-state index is -0.182. The molecule has 2 rings (SSSR count). The van der Waals surface area contributed by atoms with Crippen LogP contribution in [0.3, 0.4) is 0 Å². The van der Waals surface area contributed by atoms with E-state index in [1.807, 2.05) is 17.5 Å². The second-order valence-corrected chi connectivity index (χ2v) is 3.80. The van der Waals surface area contributed by atoms with Crippen molar-refractivity contribution in [1.82, 2.24) is 5.16 Å². The van der Waals surface area contributed by atoms with Crippen molar-refractivity contribution in [3.63, 3.8) is 0 Å². The Morgan fingerprint density at radius 2 is 2.43 bits per heavy atom. The minimum Gasteiger partial charge on any atom is -0.377 e. The summed E-state index contributed by atoms with van der Waals surface area (Å²) in [4.78, 5) is 12.3. The lowest BCUT2D eigenvalue weighted by Gasteiger charge is -1.94. The third kappa shape index (κ3) is 1.51. The SMILES string of the molecule is NCCc1c(-c2cccs2)o[nH]c1=O. The van der Waals surface area contributed by atoms with Gasteiger partial charge in [0.05, 0.1) is 10.4 Å². The largest absolute Gasteiger partial charge is 0.377 e. The van der Waals surface area contributed by atoms with Gasteiger partial charge in [0.2, 0.25) is 0 Å². The lowest BCUT2D eigenvalue weighted by Crippen LogP contribution is -2.11. The van der Waals surface area contributed by atoms with Crippen LogP contribution in [0.4, 0.5) is 0 Å². The van der Waals surface area contributed by atoms with Gasteiger partial charge in [-0.2, -0.15) is 5.16 Å². The van der Waals surface area contributed by atoms with Crippen molar-refractivity contribution in [2.24, 2.45) is 5.73 Å². The van der Waals surface area contributed by atoms with Gasteiger partial charge in [-0.3, -0.25) is 4.79 Å². The van der Waals surface area contributed by atoms with Crippen molar-refractivity contribution < 1.29 is 4.52 Å². The molecule has 4 nitrogen and oxygen atoms in total. The zero-order valence-corrected chi connectivity index (χ0v) is 8.26. The predicted molar refractivity (Wildman–Crippen MR) is 55.4 cm³/mol. The van der Waals surface area contributed by atoms with Gasteiger partial charge in [-0.25, -0.2) is 0 Å². The van der Waals surface area contributed by atoms with Crippen LogP contribution >= 0.6 is 11.3 Å². The molecule has 5 heteroatoms. The average Bonchev–Trinajstić information content (AvgIpc) is 2.77. The van der Waals surface area contributed by atoms with Gasteiger partial charge in [-0.1, -0.05) is 6.07 Å². The summed E-state index contributed by atoms with van der Waals surface area (Å²) in [6.45, 7) is 0.445. The number of rotatable bonds is 3. The van der Waals surface area contributed by atoms with Gasteiger partial charge in [-0.15, -0.1) is 11.3 Å². The summed E-state index contributed by atoms with van der Waals surface area (Å²) in [5.41, 5.74) is 5.87. The molecule has 0 saturated carbocycles. The summed E-state index contributed by atoms with van der Waals surface area (Å²) in [6, 6.07) is 3.83. The lowest BCUT2D eigenvalue weighted by atomic mass is 10.2. The van der Waals surface area contributed by atoms with Crippen LogP contribution in [0.5, 0.6) is 0 Å². The fraction of sp³-hybridized carbons (Fsp3) is 0.222. The molecule has 2 heterocycles. The first-order chi connectivity index (χ1) is 6.83. The smallest absolute Gasteiger partial charge is 0.283 e. The van der Waals surface area contributed by atoms with Crippen molar-refractivity contribution in [3.8, 4) is 10.6 Å². The summed E-state index contributed by atoms with van der Waals surface area (Å²) in [7, 11) is 0. The molecular formula is C9H10N2O2S. The highest BCUT2D eigenvalue weighted by Crippen LogP contribution is 2.26. The molecule has 14 heavy (non-hydrogen) atoms. The fourth-order valence-corrected chi connectivity index (χ4v) is 2.03. The number of nitrogens with two attached hydrogens (primary N) is 1. The number of aromatic nitrogens is 1. The van der Waals surface area contributed by atoms with Crippen LogP contribution in [0, 0.1) is 0 Å². The van der Waals surface area contributed by atoms with Crippen LogP contribution in [0.25, 0.3) is 10.6 Å². The summed E-state index contributed by atoms with van der Waals surface area (Å²) in [5.74, 6) is 0.621. The third-order valence-electron chi connectivity index (χ3n) is 1.93. The Hall–Kier alpha value is -1.33. The first kappa shape index (κ1) is 9.23. The van der Waals surface area contributed by atoms with E-state index >= 15 is 0 Å². The van der Waals surface area contributed by atoms with Crippen molar-refractivity contribution in [1.29, 1.82) is 0 Å². The van der Waals surface area contributed by atoms with Crippen molar-refractivity contribution in [2.75, 3.05) is 6.54 Å². The van der Waals surface area contributed by atoms with E-state index in [-0.39, 0.29) is 5.56 Å². The Bertz CT molecular complexity index is 455. The van der Waals surface area contributed by atoms with E-state index in [2.05, 4.69) is 5.16 Å². The van der Waals surface area contributed by atoms with E-state index < -0.39 is 0 Å². The van der Waals surface area contributed by atoms with Gasteiger partial charge in [0, 0.05) is 0 Å². The third-order valence-corrected chi connectivity index (χ3v) is 2.80. The van der Waals surface area contributed by atoms with Crippen LogP contribution < -0.4 is 11.3 Å². The molecule has 74 valence electrons. The Morgan fingerprint density at radius 3 is 3.07 bits per heavy atom. The summed E-state index contributed by atoms with van der Waals surface area (Å²) in [5, 5.41) is 4.27. The van der Waals surface area contributed by atoms with E-state index in [1.165, 1.54) is 11.3 Å². The zero-order chi connectivity index (χ0) is 9.97. The first-order valence-corrected chi connectivity index (χ1v) is 5.15. The molecule has 2 aromatic rings. The predicted octanol–water partition coefficient (Wildman–Crippen LogP) is 1.20. The standard InChI is InChI=1S/C9H10N2O2S/c10-4-3-6-8(13-11-9(6)12)7-2-1-5-14-7/h1-2,5H,3-4,10H2,(H,11,12). The summed E-state index contributed by atoms with van der Waals surface area (Å²) < 4.78 is 5.11. The van der Waals surface area contributed by atoms with Gasteiger partial charge in [0.15, 0.2) is 5.76 Å². The maximum Gasteiger partial charge on any atom is 0.283 e. The van der Waals surface area contributed by atoms with Crippen LogP contribution in [0.15, 0.2) is 26.8 Å². The molecule has 0 radical (unpaired) electrons. The normalized spacial score (nSPS) is 10.6. The zero-order valence-electron chi connectivity index (χ0n) is 7.45.